The van der Waals surface area contributed by atoms with Gasteiger partial charge in [-0.2, -0.15) is 13.2 Å². The van der Waals surface area contributed by atoms with Gasteiger partial charge in [-0.05, 0) is 30.2 Å². The Bertz CT molecular complexity index is 855. The Hall–Kier alpha value is -2.74. The van der Waals surface area contributed by atoms with Crippen LogP contribution in [0.2, 0.25) is 5.02 Å². The molecule has 2 aromatic carbocycles. The van der Waals surface area contributed by atoms with Crippen LogP contribution in [0.4, 0.5) is 18.9 Å². The molecule has 0 aliphatic rings. The molecule has 0 radical (unpaired) electrons. The summed E-state index contributed by atoms with van der Waals surface area (Å²) in [5.74, 6) is -0.980. The van der Waals surface area contributed by atoms with E-state index in [1.54, 1.807) is 24.3 Å². The zero-order valence-corrected chi connectivity index (χ0v) is 15.6. The molecule has 9 heteroatoms. The number of nitrogens with one attached hydrogen (secondary N) is 1. The smallest absolute Gasteiger partial charge is 0.418 e. The summed E-state index contributed by atoms with van der Waals surface area (Å²) in [6.45, 7) is -0.729. The van der Waals surface area contributed by atoms with Gasteiger partial charge in [0, 0.05) is 6.42 Å². The van der Waals surface area contributed by atoms with Gasteiger partial charge in [0.25, 0.3) is 5.91 Å². The van der Waals surface area contributed by atoms with E-state index < -0.39 is 35.9 Å². The van der Waals surface area contributed by atoms with E-state index in [9.17, 15) is 22.8 Å². The number of esters is 1. The standard InChI is InChI=1S/C19H17ClF3NO4/c1-27-15-8-3-2-5-12(15)9-10-17(26)28-11-16(25)24-18-13(19(21,22)23)6-4-7-14(18)20/h2-8H,9-11H2,1H3,(H,24,25). The largest absolute Gasteiger partial charge is 0.496 e. The molecule has 2 rings (SSSR count). The van der Waals surface area contributed by atoms with Crippen LogP contribution in [0.5, 0.6) is 5.75 Å². The molecule has 0 bridgehead atoms. The van der Waals surface area contributed by atoms with Crippen molar-refractivity contribution in [3.05, 3.63) is 58.6 Å². The summed E-state index contributed by atoms with van der Waals surface area (Å²) in [7, 11) is 1.51. The summed E-state index contributed by atoms with van der Waals surface area (Å²) < 4.78 is 49.0. The molecule has 0 saturated heterocycles. The Kier molecular flexibility index (Phi) is 7.28. The van der Waals surface area contributed by atoms with Gasteiger partial charge in [-0.1, -0.05) is 35.9 Å². The number of carbonyl (C=O) groups is 2. The number of halogens is 4. The molecule has 150 valence electrons. The minimum Gasteiger partial charge on any atom is -0.496 e. The second-order valence-corrected chi connectivity index (χ2v) is 6.09. The van der Waals surface area contributed by atoms with Crippen LogP contribution >= 0.6 is 11.6 Å². The van der Waals surface area contributed by atoms with Crippen molar-refractivity contribution in [1.82, 2.24) is 0 Å². The number of amides is 1. The van der Waals surface area contributed by atoms with Crippen molar-refractivity contribution in [2.24, 2.45) is 0 Å². The molecule has 0 aliphatic carbocycles. The summed E-state index contributed by atoms with van der Waals surface area (Å²) in [5, 5.41) is 1.77. The van der Waals surface area contributed by atoms with Crippen molar-refractivity contribution in [3.8, 4) is 5.75 Å². The summed E-state index contributed by atoms with van der Waals surface area (Å²) in [6.07, 6.45) is -4.39. The van der Waals surface area contributed by atoms with Gasteiger partial charge in [0.15, 0.2) is 6.61 Å². The maximum atomic E-state index is 13.0. The SMILES string of the molecule is COc1ccccc1CCC(=O)OCC(=O)Nc1c(Cl)cccc1C(F)(F)F. The van der Waals surface area contributed by atoms with Crippen LogP contribution in [0, 0.1) is 0 Å². The van der Waals surface area contributed by atoms with Crippen molar-refractivity contribution in [2.45, 2.75) is 19.0 Å². The first kappa shape index (κ1) is 21.6. The summed E-state index contributed by atoms with van der Waals surface area (Å²) in [6, 6.07) is 10.2. The zero-order valence-electron chi connectivity index (χ0n) is 14.8. The number of aryl methyl sites for hydroxylation is 1. The van der Waals surface area contributed by atoms with Crippen LogP contribution in [0.3, 0.4) is 0 Å². The summed E-state index contributed by atoms with van der Waals surface area (Å²) in [4.78, 5) is 23.7. The normalized spacial score (nSPS) is 11.0. The Morgan fingerprint density at radius 1 is 1.11 bits per heavy atom. The highest BCUT2D eigenvalue weighted by Crippen LogP contribution is 2.38. The number of benzene rings is 2. The van der Waals surface area contributed by atoms with Gasteiger partial charge in [0.05, 0.1) is 23.4 Å². The van der Waals surface area contributed by atoms with E-state index in [-0.39, 0.29) is 11.4 Å². The van der Waals surface area contributed by atoms with Gasteiger partial charge < -0.3 is 14.8 Å². The highest BCUT2D eigenvalue weighted by atomic mass is 35.5. The first-order chi connectivity index (χ1) is 13.2. The third kappa shape index (κ3) is 5.88. The van der Waals surface area contributed by atoms with Crippen molar-refractivity contribution < 1.29 is 32.2 Å². The lowest BCUT2D eigenvalue weighted by molar-refractivity contribution is -0.147. The molecule has 0 spiro atoms. The molecule has 5 nitrogen and oxygen atoms in total. The molecule has 2 aromatic rings. The van der Waals surface area contributed by atoms with Crippen LogP contribution in [-0.2, 0) is 26.9 Å². The van der Waals surface area contributed by atoms with E-state index in [1.165, 1.54) is 13.2 Å². The number of alkyl halides is 3. The fourth-order valence-corrected chi connectivity index (χ4v) is 2.65. The zero-order chi connectivity index (χ0) is 20.7. The average molecular weight is 416 g/mol. The topological polar surface area (TPSA) is 64.6 Å². The number of hydrogen-bond donors (Lipinski definition) is 1. The van der Waals surface area contributed by atoms with Crippen molar-refractivity contribution in [3.63, 3.8) is 0 Å². The van der Waals surface area contributed by atoms with E-state index in [0.29, 0.717) is 12.2 Å². The molecule has 0 fully saturated rings. The van der Waals surface area contributed by atoms with Crippen molar-refractivity contribution in [2.75, 3.05) is 19.0 Å². The highest BCUT2D eigenvalue weighted by molar-refractivity contribution is 6.34. The Labute approximate surface area is 164 Å². The van der Waals surface area contributed by atoms with E-state index >= 15 is 0 Å². The van der Waals surface area contributed by atoms with Crippen LogP contribution in [0.1, 0.15) is 17.5 Å². The quantitative estimate of drug-likeness (QED) is 0.677. The number of ether oxygens (including phenoxy) is 2. The Morgan fingerprint density at radius 2 is 1.82 bits per heavy atom. The molecular formula is C19H17ClF3NO4. The summed E-state index contributed by atoms with van der Waals surface area (Å²) in [5.41, 5.74) is -0.875. The number of hydrogen-bond acceptors (Lipinski definition) is 4. The van der Waals surface area contributed by atoms with Crippen LogP contribution in [0.15, 0.2) is 42.5 Å². The number of anilines is 1. The third-order valence-corrected chi connectivity index (χ3v) is 4.05. The number of carbonyl (C=O) groups excluding carboxylic acids is 2. The van der Waals surface area contributed by atoms with E-state index in [1.807, 2.05) is 5.32 Å². The van der Waals surface area contributed by atoms with E-state index in [0.717, 1.165) is 17.7 Å². The molecule has 28 heavy (non-hydrogen) atoms. The van der Waals surface area contributed by atoms with E-state index in [4.69, 9.17) is 21.1 Å². The Morgan fingerprint density at radius 3 is 2.50 bits per heavy atom. The number of rotatable bonds is 7. The highest BCUT2D eigenvalue weighted by Gasteiger charge is 2.34. The minimum absolute atomic E-state index is 0.0203. The van der Waals surface area contributed by atoms with Crippen molar-refractivity contribution in [1.29, 1.82) is 0 Å². The third-order valence-electron chi connectivity index (χ3n) is 3.74. The number of para-hydroxylation sites is 2. The maximum Gasteiger partial charge on any atom is 0.418 e. The molecule has 0 unspecified atom stereocenters. The molecular weight excluding hydrogens is 399 g/mol. The monoisotopic (exact) mass is 415 g/mol. The lowest BCUT2D eigenvalue weighted by Crippen LogP contribution is -2.23. The minimum atomic E-state index is -4.70. The molecule has 0 aliphatic heterocycles. The fraction of sp³-hybridized carbons (Fsp3) is 0.263. The second kappa shape index (κ2) is 9.45. The van der Waals surface area contributed by atoms with Gasteiger partial charge in [-0.15, -0.1) is 0 Å². The van der Waals surface area contributed by atoms with Crippen LogP contribution in [0.25, 0.3) is 0 Å². The fourth-order valence-electron chi connectivity index (χ4n) is 2.43. The lowest BCUT2D eigenvalue weighted by atomic mass is 10.1. The summed E-state index contributed by atoms with van der Waals surface area (Å²) >= 11 is 5.75. The molecule has 0 aromatic heterocycles. The van der Waals surface area contributed by atoms with Gasteiger partial charge in [-0.25, -0.2) is 0 Å². The van der Waals surface area contributed by atoms with Crippen molar-refractivity contribution >= 4 is 29.2 Å². The van der Waals surface area contributed by atoms with Gasteiger partial charge in [-0.3, -0.25) is 9.59 Å². The molecule has 0 saturated carbocycles. The first-order valence-corrected chi connectivity index (χ1v) is 8.53. The molecule has 0 atom stereocenters. The predicted octanol–water partition coefficient (Wildman–Crippen LogP) is 4.48. The lowest BCUT2D eigenvalue weighted by Gasteiger charge is -2.15. The maximum absolute atomic E-state index is 13.0. The first-order valence-electron chi connectivity index (χ1n) is 8.15. The van der Waals surface area contributed by atoms with E-state index in [2.05, 4.69) is 0 Å². The number of methoxy groups -OCH3 is 1. The Balaban J connectivity index is 1.90. The average Bonchev–Trinajstić information content (AvgIpc) is 2.65. The van der Waals surface area contributed by atoms with Gasteiger partial charge in [0.1, 0.15) is 5.75 Å². The molecule has 0 heterocycles. The molecule has 1 amide bonds. The predicted molar refractivity (Wildman–Crippen MR) is 97.4 cm³/mol. The van der Waals surface area contributed by atoms with Gasteiger partial charge in [0.2, 0.25) is 0 Å². The second-order valence-electron chi connectivity index (χ2n) is 5.68. The van der Waals surface area contributed by atoms with Crippen LogP contribution < -0.4 is 10.1 Å². The molecule has 1 N–H and O–H groups in total. The van der Waals surface area contributed by atoms with Crippen LogP contribution in [-0.4, -0.2) is 25.6 Å². The van der Waals surface area contributed by atoms with Gasteiger partial charge >= 0.3 is 12.1 Å².